The molecule has 1 unspecified atom stereocenters. The largest absolute Gasteiger partial charge is 0.380 e. The molecule has 0 aliphatic carbocycles. The Balaban J connectivity index is 2.62. The zero-order valence-corrected chi connectivity index (χ0v) is 13.0. The van der Waals surface area contributed by atoms with E-state index in [2.05, 4.69) is 49.3 Å². The van der Waals surface area contributed by atoms with Crippen molar-refractivity contribution in [2.45, 2.75) is 26.8 Å². The van der Waals surface area contributed by atoms with Gasteiger partial charge in [-0.2, -0.15) is 0 Å². The Bertz CT molecular complexity index is 379. The molecule has 1 N–H and O–H groups in total. The second-order valence-corrected chi connectivity index (χ2v) is 5.16. The molecule has 0 aliphatic rings. The lowest BCUT2D eigenvalue weighted by molar-refractivity contribution is 0.119. The number of rotatable bonds is 8. The van der Waals surface area contributed by atoms with Crippen molar-refractivity contribution in [2.75, 3.05) is 40.4 Å². The smallest absolute Gasteiger partial charge is 0.0593 e. The summed E-state index contributed by atoms with van der Waals surface area (Å²) in [6.07, 6.45) is 0. The van der Waals surface area contributed by atoms with E-state index in [0.717, 1.165) is 26.3 Å². The van der Waals surface area contributed by atoms with E-state index in [1.165, 1.54) is 16.7 Å². The molecule has 108 valence electrons. The Morgan fingerprint density at radius 1 is 1.32 bits per heavy atom. The van der Waals surface area contributed by atoms with Crippen LogP contribution in [0.15, 0.2) is 18.2 Å². The van der Waals surface area contributed by atoms with Gasteiger partial charge in [-0.15, -0.1) is 0 Å². The van der Waals surface area contributed by atoms with Crippen LogP contribution in [-0.4, -0.2) is 45.3 Å². The van der Waals surface area contributed by atoms with E-state index >= 15 is 0 Å². The number of nitrogens with one attached hydrogen (secondary N) is 1. The van der Waals surface area contributed by atoms with Crippen molar-refractivity contribution in [2.24, 2.45) is 0 Å². The summed E-state index contributed by atoms with van der Waals surface area (Å²) in [6.45, 7) is 9.92. The van der Waals surface area contributed by atoms with Crippen LogP contribution in [0.5, 0.6) is 0 Å². The lowest BCUT2D eigenvalue weighted by atomic mass is 9.99. The zero-order chi connectivity index (χ0) is 14.3. The minimum absolute atomic E-state index is 0.368. The Morgan fingerprint density at radius 3 is 2.63 bits per heavy atom. The van der Waals surface area contributed by atoms with Gasteiger partial charge in [0.05, 0.1) is 6.61 Å². The van der Waals surface area contributed by atoms with Crippen LogP contribution in [0.1, 0.15) is 29.7 Å². The van der Waals surface area contributed by atoms with E-state index in [4.69, 9.17) is 4.74 Å². The first-order chi connectivity index (χ1) is 9.08. The molecule has 0 amide bonds. The van der Waals surface area contributed by atoms with Gasteiger partial charge in [0.2, 0.25) is 0 Å². The topological polar surface area (TPSA) is 24.5 Å². The molecule has 19 heavy (non-hydrogen) atoms. The lowest BCUT2D eigenvalue weighted by Gasteiger charge is -2.25. The van der Waals surface area contributed by atoms with Crippen LogP contribution < -0.4 is 5.32 Å². The average molecular weight is 264 g/mol. The average Bonchev–Trinajstić information content (AvgIpc) is 2.37. The first-order valence-electron chi connectivity index (χ1n) is 7.09. The first kappa shape index (κ1) is 16.2. The Labute approximate surface area is 118 Å². The third kappa shape index (κ3) is 5.31. The van der Waals surface area contributed by atoms with Gasteiger partial charge in [-0.1, -0.05) is 23.8 Å². The third-order valence-electron chi connectivity index (χ3n) is 3.46. The quantitative estimate of drug-likeness (QED) is 0.730. The number of nitrogens with zero attached hydrogens (tertiary/aromatic N) is 1. The summed E-state index contributed by atoms with van der Waals surface area (Å²) in [4.78, 5) is 2.32. The van der Waals surface area contributed by atoms with Gasteiger partial charge in [-0.05, 0) is 46.0 Å². The molecule has 1 atom stereocenters. The summed E-state index contributed by atoms with van der Waals surface area (Å²) in [7, 11) is 4.17. The summed E-state index contributed by atoms with van der Waals surface area (Å²) in [5.41, 5.74) is 4.06. The van der Waals surface area contributed by atoms with Crippen LogP contribution in [0.2, 0.25) is 0 Å². The standard InChI is InChI=1S/C16H28N2O/c1-6-19-10-9-18(5)12-16(17-4)15-8-7-13(2)11-14(15)3/h7-8,11,16-17H,6,9-10,12H2,1-5H3. The molecule has 0 saturated carbocycles. The highest BCUT2D eigenvalue weighted by Gasteiger charge is 2.14. The van der Waals surface area contributed by atoms with E-state index in [1.807, 2.05) is 14.0 Å². The van der Waals surface area contributed by atoms with Crippen LogP contribution in [-0.2, 0) is 4.74 Å². The molecule has 1 aromatic rings. The van der Waals surface area contributed by atoms with Crippen molar-refractivity contribution in [1.29, 1.82) is 0 Å². The lowest BCUT2D eigenvalue weighted by Crippen LogP contribution is -2.33. The monoisotopic (exact) mass is 264 g/mol. The number of ether oxygens (including phenoxy) is 1. The van der Waals surface area contributed by atoms with Crippen LogP contribution in [0.3, 0.4) is 0 Å². The highest BCUT2D eigenvalue weighted by atomic mass is 16.5. The van der Waals surface area contributed by atoms with Gasteiger partial charge in [0.1, 0.15) is 0 Å². The van der Waals surface area contributed by atoms with E-state index in [-0.39, 0.29) is 0 Å². The fourth-order valence-electron chi connectivity index (χ4n) is 2.33. The van der Waals surface area contributed by atoms with Crippen molar-refractivity contribution in [3.63, 3.8) is 0 Å². The van der Waals surface area contributed by atoms with Gasteiger partial charge in [0.25, 0.3) is 0 Å². The number of likely N-dealkylation sites (N-methyl/N-ethyl adjacent to an activating group) is 2. The van der Waals surface area contributed by atoms with Gasteiger partial charge >= 0.3 is 0 Å². The molecule has 1 aromatic carbocycles. The molecular weight excluding hydrogens is 236 g/mol. The summed E-state index contributed by atoms with van der Waals surface area (Å²) >= 11 is 0. The van der Waals surface area contributed by atoms with E-state index in [0.29, 0.717) is 6.04 Å². The van der Waals surface area contributed by atoms with Crippen LogP contribution in [0.4, 0.5) is 0 Å². The van der Waals surface area contributed by atoms with Crippen molar-refractivity contribution in [3.05, 3.63) is 34.9 Å². The maximum atomic E-state index is 5.40. The molecule has 3 nitrogen and oxygen atoms in total. The minimum Gasteiger partial charge on any atom is -0.380 e. The van der Waals surface area contributed by atoms with Gasteiger partial charge < -0.3 is 15.0 Å². The zero-order valence-electron chi connectivity index (χ0n) is 13.0. The van der Waals surface area contributed by atoms with E-state index in [1.54, 1.807) is 0 Å². The highest BCUT2D eigenvalue weighted by molar-refractivity contribution is 5.33. The number of aryl methyl sites for hydroxylation is 2. The second-order valence-electron chi connectivity index (χ2n) is 5.16. The fraction of sp³-hybridized carbons (Fsp3) is 0.625. The molecule has 0 heterocycles. The number of benzene rings is 1. The molecule has 0 aromatic heterocycles. The second kappa shape index (κ2) is 8.31. The summed E-state index contributed by atoms with van der Waals surface area (Å²) in [6, 6.07) is 7.04. The Kier molecular flexibility index (Phi) is 7.06. The predicted octanol–water partition coefficient (Wildman–Crippen LogP) is 2.53. The molecule has 1 rings (SSSR count). The molecule has 0 spiro atoms. The molecular formula is C16H28N2O. The van der Waals surface area contributed by atoms with Crippen molar-refractivity contribution in [3.8, 4) is 0 Å². The van der Waals surface area contributed by atoms with Crippen LogP contribution in [0, 0.1) is 13.8 Å². The number of hydrogen-bond donors (Lipinski definition) is 1. The molecule has 0 saturated heterocycles. The maximum Gasteiger partial charge on any atom is 0.0593 e. The summed E-state index contributed by atoms with van der Waals surface area (Å²) < 4.78 is 5.40. The maximum absolute atomic E-state index is 5.40. The molecule has 0 radical (unpaired) electrons. The van der Waals surface area contributed by atoms with Gasteiger partial charge in [0.15, 0.2) is 0 Å². The van der Waals surface area contributed by atoms with Crippen molar-refractivity contribution < 1.29 is 4.74 Å². The molecule has 3 heteroatoms. The summed E-state index contributed by atoms with van der Waals surface area (Å²) in [5, 5.41) is 3.42. The van der Waals surface area contributed by atoms with E-state index < -0.39 is 0 Å². The number of hydrogen-bond acceptors (Lipinski definition) is 3. The predicted molar refractivity (Wildman–Crippen MR) is 81.7 cm³/mol. The third-order valence-corrected chi connectivity index (χ3v) is 3.46. The molecule has 0 fully saturated rings. The van der Waals surface area contributed by atoms with Crippen LogP contribution >= 0.6 is 0 Å². The molecule has 0 bridgehead atoms. The van der Waals surface area contributed by atoms with E-state index in [9.17, 15) is 0 Å². The van der Waals surface area contributed by atoms with Crippen LogP contribution in [0.25, 0.3) is 0 Å². The van der Waals surface area contributed by atoms with Crippen molar-refractivity contribution in [1.82, 2.24) is 10.2 Å². The normalized spacial score (nSPS) is 12.9. The Hall–Kier alpha value is -0.900. The van der Waals surface area contributed by atoms with Gasteiger partial charge in [-0.3, -0.25) is 0 Å². The van der Waals surface area contributed by atoms with Gasteiger partial charge in [-0.25, -0.2) is 0 Å². The van der Waals surface area contributed by atoms with Gasteiger partial charge in [0, 0.05) is 25.7 Å². The highest BCUT2D eigenvalue weighted by Crippen LogP contribution is 2.19. The molecule has 0 aliphatic heterocycles. The SMILES string of the molecule is CCOCCN(C)CC(NC)c1ccc(C)cc1C. The minimum atomic E-state index is 0.368. The Morgan fingerprint density at radius 2 is 2.05 bits per heavy atom. The fourth-order valence-corrected chi connectivity index (χ4v) is 2.33. The summed E-state index contributed by atoms with van der Waals surface area (Å²) in [5.74, 6) is 0. The van der Waals surface area contributed by atoms with Crippen molar-refractivity contribution >= 4 is 0 Å². The first-order valence-corrected chi connectivity index (χ1v) is 7.09.